The van der Waals surface area contributed by atoms with Gasteiger partial charge in [-0.2, -0.15) is 15.2 Å². The highest BCUT2D eigenvalue weighted by Gasteiger charge is 2.48. The third-order valence-corrected chi connectivity index (χ3v) is 12.5. The maximum absolute atomic E-state index is 17.3. The second kappa shape index (κ2) is 11.8. The normalized spacial score (nSPS) is 26.8. The molecular weight excluding hydrogens is 682 g/mol. The Kier molecular flexibility index (Phi) is 7.90. The molecule has 0 amide bonds. The molecule has 8 rings (SSSR count). The van der Waals surface area contributed by atoms with Crippen molar-refractivity contribution in [3.05, 3.63) is 39.2 Å². The van der Waals surface area contributed by atoms with Gasteiger partial charge in [0.25, 0.3) is 6.43 Å². The number of thiophene rings is 1. The van der Waals surface area contributed by atoms with Crippen molar-refractivity contribution in [2.45, 2.75) is 76.0 Å². The molecule has 0 aliphatic carbocycles. The number of fused-ring (bicyclic) bond motifs is 4. The molecule has 3 saturated heterocycles. The Morgan fingerprint density at radius 2 is 2.00 bits per heavy atom. The van der Waals surface area contributed by atoms with E-state index < -0.39 is 40.1 Å². The molecule has 4 atom stereocenters. The summed E-state index contributed by atoms with van der Waals surface area (Å²) in [5, 5.41) is 21.4. The lowest BCUT2D eigenvalue weighted by atomic mass is 9.91. The van der Waals surface area contributed by atoms with Crippen LogP contribution in [0.15, 0.2) is 12.1 Å². The quantitative estimate of drug-likeness (QED) is 0.208. The fourth-order valence-electron chi connectivity index (χ4n) is 8.67. The molecule has 258 valence electrons. The van der Waals surface area contributed by atoms with Crippen LogP contribution >= 0.6 is 22.9 Å². The van der Waals surface area contributed by atoms with E-state index in [1.54, 1.807) is 13.0 Å². The van der Waals surface area contributed by atoms with Crippen LogP contribution in [0.3, 0.4) is 0 Å². The summed E-state index contributed by atoms with van der Waals surface area (Å²) >= 11 is 7.46. The number of alkyl halides is 2. The Labute approximate surface area is 289 Å². The predicted octanol–water partition coefficient (Wildman–Crippen LogP) is 8.01. The van der Waals surface area contributed by atoms with Gasteiger partial charge in [-0.05, 0) is 69.5 Å². The molecule has 4 aliphatic rings. The first-order chi connectivity index (χ1) is 23.4. The number of halogens is 5. The highest BCUT2D eigenvalue weighted by atomic mass is 35.5. The Morgan fingerprint density at radius 1 is 1.18 bits per heavy atom. The average molecular weight is 716 g/mol. The van der Waals surface area contributed by atoms with Crippen LogP contribution in [-0.4, -0.2) is 70.0 Å². The number of hydrogen-bond donors (Lipinski definition) is 1. The lowest BCUT2D eigenvalue weighted by Gasteiger charge is -2.38. The summed E-state index contributed by atoms with van der Waals surface area (Å²) in [6.07, 6.45) is 1.93. The zero-order valence-corrected chi connectivity index (χ0v) is 28.5. The van der Waals surface area contributed by atoms with Gasteiger partial charge in [-0.25, -0.2) is 17.6 Å². The van der Waals surface area contributed by atoms with Crippen LogP contribution in [0, 0.1) is 28.9 Å². The minimum Gasteiger partial charge on any atom is -0.489 e. The van der Waals surface area contributed by atoms with Gasteiger partial charge in [-0.3, -0.25) is 4.90 Å². The third-order valence-electron chi connectivity index (χ3n) is 10.9. The second-order valence-electron chi connectivity index (χ2n) is 14.1. The van der Waals surface area contributed by atoms with Crippen molar-refractivity contribution in [1.82, 2.24) is 14.9 Å². The second-order valence-corrected chi connectivity index (χ2v) is 15.6. The number of benzene rings is 2. The van der Waals surface area contributed by atoms with Gasteiger partial charge in [0.1, 0.15) is 36.4 Å². The number of aliphatic hydroxyl groups is 1. The van der Waals surface area contributed by atoms with Gasteiger partial charge in [-0.15, -0.1) is 11.3 Å². The van der Waals surface area contributed by atoms with Gasteiger partial charge < -0.3 is 19.5 Å². The topological polar surface area (TPSA) is 94.7 Å². The number of aromatic nitrogens is 2. The van der Waals surface area contributed by atoms with E-state index in [2.05, 4.69) is 16.8 Å². The molecule has 8 nitrogen and oxygen atoms in total. The molecule has 2 unspecified atom stereocenters. The first-order valence-corrected chi connectivity index (χ1v) is 17.8. The van der Waals surface area contributed by atoms with Crippen molar-refractivity contribution in [3.63, 3.8) is 0 Å². The molecule has 0 saturated carbocycles. The molecule has 2 aromatic heterocycles. The summed E-state index contributed by atoms with van der Waals surface area (Å²) in [7, 11) is 0. The molecule has 3 fully saturated rings. The lowest BCUT2D eigenvalue weighted by molar-refractivity contribution is 0.0114. The van der Waals surface area contributed by atoms with Gasteiger partial charge in [0.05, 0.1) is 42.7 Å². The zero-order chi connectivity index (χ0) is 34.4. The van der Waals surface area contributed by atoms with Gasteiger partial charge in [-0.1, -0.05) is 24.6 Å². The van der Waals surface area contributed by atoms with Gasteiger partial charge in [0, 0.05) is 24.0 Å². The van der Waals surface area contributed by atoms with Crippen molar-refractivity contribution in [1.29, 1.82) is 5.26 Å². The largest absolute Gasteiger partial charge is 0.489 e. The van der Waals surface area contributed by atoms with Crippen molar-refractivity contribution in [2.24, 2.45) is 5.92 Å². The summed E-state index contributed by atoms with van der Waals surface area (Å²) in [5.41, 5.74) is -2.31. The Balaban J connectivity index is 1.37. The van der Waals surface area contributed by atoms with Crippen molar-refractivity contribution in [2.75, 3.05) is 37.7 Å². The first kappa shape index (κ1) is 32.7. The smallest absolute Gasteiger partial charge is 0.319 e. The van der Waals surface area contributed by atoms with E-state index >= 15 is 8.78 Å². The van der Waals surface area contributed by atoms with Crippen LogP contribution in [0.5, 0.6) is 11.8 Å². The molecule has 4 aromatic rings. The molecule has 2 aromatic carbocycles. The molecule has 0 spiro atoms. The number of nitrogens with zero attached hydrogens (tertiary/aromatic N) is 5. The van der Waals surface area contributed by atoms with Crippen LogP contribution in [0.2, 0.25) is 5.02 Å². The molecule has 0 bridgehead atoms. The molecule has 14 heteroatoms. The predicted molar refractivity (Wildman–Crippen MR) is 179 cm³/mol. The van der Waals surface area contributed by atoms with Gasteiger partial charge >= 0.3 is 6.01 Å². The molecular formula is C35H34ClF4N5O3S. The average Bonchev–Trinajstić information content (AvgIpc) is 3.66. The summed E-state index contributed by atoms with van der Waals surface area (Å²) in [5.74, 6) is -0.885. The minimum absolute atomic E-state index is 0.0222. The Hall–Kier alpha value is -3.44. The minimum atomic E-state index is -3.05. The van der Waals surface area contributed by atoms with E-state index in [-0.39, 0.29) is 61.0 Å². The third kappa shape index (κ3) is 5.04. The lowest BCUT2D eigenvalue weighted by Crippen LogP contribution is -2.53. The number of nitriles is 1. The zero-order valence-electron chi connectivity index (χ0n) is 27.0. The maximum Gasteiger partial charge on any atom is 0.319 e. The summed E-state index contributed by atoms with van der Waals surface area (Å²) < 4.78 is 72.9. The fraction of sp³-hybridized carbons (Fsp3) is 0.514. The monoisotopic (exact) mass is 715 g/mol. The maximum atomic E-state index is 17.3. The van der Waals surface area contributed by atoms with Gasteiger partial charge in [0.15, 0.2) is 11.6 Å². The number of anilines is 1. The van der Waals surface area contributed by atoms with Crippen LogP contribution in [-0.2, 0) is 0 Å². The van der Waals surface area contributed by atoms with Crippen LogP contribution < -0.4 is 14.4 Å². The van der Waals surface area contributed by atoms with E-state index in [0.29, 0.717) is 42.6 Å². The molecule has 49 heavy (non-hydrogen) atoms. The van der Waals surface area contributed by atoms with E-state index in [1.165, 1.54) is 6.07 Å². The van der Waals surface area contributed by atoms with E-state index in [9.17, 15) is 19.1 Å². The van der Waals surface area contributed by atoms with E-state index in [4.69, 9.17) is 26.1 Å². The van der Waals surface area contributed by atoms with Crippen LogP contribution in [0.4, 0.5) is 23.4 Å². The Morgan fingerprint density at radius 3 is 2.78 bits per heavy atom. The Bertz CT molecular complexity index is 2050. The molecule has 1 N–H and O–H groups in total. The van der Waals surface area contributed by atoms with Crippen molar-refractivity contribution in [3.8, 4) is 29.0 Å². The van der Waals surface area contributed by atoms with Crippen molar-refractivity contribution < 1.29 is 32.1 Å². The fourth-order valence-corrected chi connectivity index (χ4v) is 10.0. The molecule has 4 aliphatic heterocycles. The van der Waals surface area contributed by atoms with Crippen molar-refractivity contribution >= 4 is 49.7 Å². The molecule has 6 heterocycles. The van der Waals surface area contributed by atoms with E-state index in [0.717, 1.165) is 51.3 Å². The highest BCUT2D eigenvalue weighted by Crippen LogP contribution is 2.52. The standard InChI is InChI=1S/C35H34ClF4N5O3S/c1-17-12-35(9-5-10-44(35)14-17)16-48-33-42-27-24-28(47-15-21-34(2,46)8-3-4-11-45(21)32(24)43-33)25(36)23(26(27)38)18-6-7-20(37)30-22(18)19(13-41)29(49-30)31(39)40/h6-7,17,21,31,46H,3-5,8-12,14-16H2,1-2H3/t17-,21?,34?,35+/m1/s1. The SMILES string of the molecule is C[C@H]1CN2CCC[C@@]2(COc2nc3c4c(c(Cl)c(-c5ccc(F)c6sc(C(F)F)c(C#N)c56)c(F)c4n2)OCC2N3CCCCC2(C)O)C1. The highest BCUT2D eigenvalue weighted by molar-refractivity contribution is 7.19. The molecule has 0 radical (unpaired) electrons. The number of ether oxygens (including phenoxy) is 2. The van der Waals surface area contributed by atoms with Crippen LogP contribution in [0.25, 0.3) is 32.1 Å². The number of hydrogen-bond acceptors (Lipinski definition) is 9. The first-order valence-electron chi connectivity index (χ1n) is 16.6. The van der Waals surface area contributed by atoms with E-state index in [1.807, 2.05) is 4.90 Å². The summed E-state index contributed by atoms with van der Waals surface area (Å²) in [6, 6.07) is 3.41. The summed E-state index contributed by atoms with van der Waals surface area (Å²) in [6.45, 7) is 6.70. The van der Waals surface area contributed by atoms with Gasteiger partial charge in [0.2, 0.25) is 0 Å². The summed E-state index contributed by atoms with van der Waals surface area (Å²) in [4.78, 5) is 13.2. The number of rotatable bonds is 5. The van der Waals surface area contributed by atoms with Crippen LogP contribution in [0.1, 0.15) is 69.2 Å².